The van der Waals surface area contributed by atoms with Crippen LogP contribution in [-0.2, 0) is 0 Å². The summed E-state index contributed by atoms with van der Waals surface area (Å²) in [5.41, 5.74) is 2.57. The van der Waals surface area contributed by atoms with E-state index in [1.54, 1.807) is 11.0 Å². The molecule has 7 heteroatoms. The molecule has 1 saturated heterocycles. The molecule has 1 fully saturated rings. The highest BCUT2D eigenvalue weighted by molar-refractivity contribution is 5.96. The van der Waals surface area contributed by atoms with Crippen molar-refractivity contribution in [3.8, 4) is 5.69 Å². The maximum atomic E-state index is 12.4. The maximum Gasteiger partial charge on any atom is 0.251 e. The lowest BCUT2D eigenvalue weighted by molar-refractivity contribution is 0.0929. The Labute approximate surface area is 135 Å². The van der Waals surface area contributed by atoms with Gasteiger partial charge in [0.05, 0.1) is 5.69 Å². The Kier molecular flexibility index (Phi) is 5.51. The number of aryl methyl sites for hydroxylation is 1. The van der Waals surface area contributed by atoms with Crippen LogP contribution in [0.3, 0.4) is 0 Å². The average molecular weight is 322 g/mol. The number of piperidine rings is 1. The molecule has 0 spiro atoms. The quantitative estimate of drug-likeness (QED) is 0.898. The van der Waals surface area contributed by atoms with E-state index < -0.39 is 0 Å². The molecule has 118 valence electrons. The smallest absolute Gasteiger partial charge is 0.251 e. The monoisotopic (exact) mass is 321 g/mol. The van der Waals surface area contributed by atoms with Gasteiger partial charge in [0, 0.05) is 11.6 Å². The Bertz CT molecular complexity index is 623. The molecule has 1 aromatic carbocycles. The fraction of sp³-hybridized carbons (Fsp3) is 0.400. The van der Waals surface area contributed by atoms with Crippen molar-refractivity contribution in [2.75, 3.05) is 13.1 Å². The minimum atomic E-state index is 0. The van der Waals surface area contributed by atoms with Crippen LogP contribution < -0.4 is 10.6 Å². The van der Waals surface area contributed by atoms with Gasteiger partial charge in [-0.3, -0.25) is 4.79 Å². The SMILES string of the molecule is Cc1cc(-n2cncn2)ccc1C(=O)NC1CCNCC1.Cl. The summed E-state index contributed by atoms with van der Waals surface area (Å²) in [5.74, 6) is 0.00420. The largest absolute Gasteiger partial charge is 0.349 e. The summed E-state index contributed by atoms with van der Waals surface area (Å²) >= 11 is 0. The number of nitrogens with one attached hydrogen (secondary N) is 2. The summed E-state index contributed by atoms with van der Waals surface area (Å²) in [6.07, 6.45) is 5.11. The van der Waals surface area contributed by atoms with E-state index in [-0.39, 0.29) is 24.4 Å². The van der Waals surface area contributed by atoms with Crippen molar-refractivity contribution >= 4 is 18.3 Å². The van der Waals surface area contributed by atoms with Gasteiger partial charge in [-0.1, -0.05) is 0 Å². The second kappa shape index (κ2) is 7.38. The van der Waals surface area contributed by atoms with E-state index >= 15 is 0 Å². The molecule has 2 N–H and O–H groups in total. The molecule has 0 bridgehead atoms. The summed E-state index contributed by atoms with van der Waals surface area (Å²) in [5, 5.41) is 10.5. The lowest BCUT2D eigenvalue weighted by Crippen LogP contribution is -2.42. The molecule has 0 atom stereocenters. The first kappa shape index (κ1) is 16.5. The maximum absolute atomic E-state index is 12.4. The number of nitrogens with zero attached hydrogens (tertiary/aromatic N) is 3. The number of rotatable bonds is 3. The molecule has 1 aliphatic heterocycles. The zero-order valence-electron chi connectivity index (χ0n) is 12.5. The zero-order chi connectivity index (χ0) is 14.7. The number of hydrogen-bond acceptors (Lipinski definition) is 4. The van der Waals surface area contributed by atoms with E-state index in [9.17, 15) is 4.79 Å². The molecule has 0 saturated carbocycles. The Balaban J connectivity index is 0.00000176. The first-order valence-electron chi connectivity index (χ1n) is 7.21. The Morgan fingerprint density at radius 3 is 2.77 bits per heavy atom. The highest BCUT2D eigenvalue weighted by Crippen LogP contribution is 2.14. The van der Waals surface area contributed by atoms with Crippen LogP contribution in [0.4, 0.5) is 0 Å². The number of benzene rings is 1. The second-order valence-corrected chi connectivity index (χ2v) is 5.34. The van der Waals surface area contributed by atoms with Crippen LogP contribution in [-0.4, -0.2) is 39.8 Å². The molecule has 6 nitrogen and oxygen atoms in total. The van der Waals surface area contributed by atoms with Gasteiger partial charge in [0.15, 0.2) is 0 Å². The fourth-order valence-electron chi connectivity index (χ4n) is 2.62. The molecule has 3 rings (SSSR count). The normalized spacial score (nSPS) is 15.1. The van der Waals surface area contributed by atoms with Crippen molar-refractivity contribution in [3.05, 3.63) is 42.0 Å². The standard InChI is InChI=1S/C15H19N5O.ClH/c1-11-8-13(20-10-17-9-18-20)2-3-14(11)15(21)19-12-4-6-16-7-5-12;/h2-3,8-10,12,16H,4-7H2,1H3,(H,19,21);1H. The lowest BCUT2D eigenvalue weighted by atomic mass is 10.0. The van der Waals surface area contributed by atoms with Gasteiger partial charge in [-0.05, 0) is 56.6 Å². The predicted molar refractivity (Wildman–Crippen MR) is 86.7 cm³/mol. The van der Waals surface area contributed by atoms with Crippen molar-refractivity contribution in [2.24, 2.45) is 0 Å². The van der Waals surface area contributed by atoms with Gasteiger partial charge in [-0.15, -0.1) is 12.4 Å². The molecule has 2 aromatic rings. The predicted octanol–water partition coefficient (Wildman–Crippen LogP) is 1.48. The van der Waals surface area contributed by atoms with Crippen molar-refractivity contribution < 1.29 is 4.79 Å². The summed E-state index contributed by atoms with van der Waals surface area (Å²) in [4.78, 5) is 16.3. The van der Waals surface area contributed by atoms with E-state index in [4.69, 9.17) is 0 Å². The van der Waals surface area contributed by atoms with Crippen LogP contribution in [0.5, 0.6) is 0 Å². The van der Waals surface area contributed by atoms with Crippen LogP contribution in [0.15, 0.2) is 30.9 Å². The molecule has 0 radical (unpaired) electrons. The number of halogens is 1. The third kappa shape index (κ3) is 3.64. The molecule has 1 aromatic heterocycles. The Hall–Kier alpha value is -1.92. The minimum Gasteiger partial charge on any atom is -0.349 e. The molecule has 22 heavy (non-hydrogen) atoms. The number of amides is 1. The molecule has 0 unspecified atom stereocenters. The molecule has 2 heterocycles. The number of aromatic nitrogens is 3. The van der Waals surface area contributed by atoms with E-state index in [1.807, 2.05) is 25.1 Å². The van der Waals surface area contributed by atoms with Crippen molar-refractivity contribution in [2.45, 2.75) is 25.8 Å². The van der Waals surface area contributed by atoms with Crippen molar-refractivity contribution in [1.82, 2.24) is 25.4 Å². The van der Waals surface area contributed by atoms with Gasteiger partial charge >= 0.3 is 0 Å². The van der Waals surface area contributed by atoms with E-state index in [0.717, 1.165) is 42.7 Å². The third-order valence-corrected chi connectivity index (χ3v) is 3.81. The van der Waals surface area contributed by atoms with Gasteiger partial charge in [-0.25, -0.2) is 9.67 Å². The number of carbonyl (C=O) groups is 1. The van der Waals surface area contributed by atoms with Crippen LogP contribution in [0.1, 0.15) is 28.8 Å². The summed E-state index contributed by atoms with van der Waals surface area (Å²) < 4.78 is 1.68. The summed E-state index contributed by atoms with van der Waals surface area (Å²) in [6, 6.07) is 5.96. The Morgan fingerprint density at radius 1 is 1.36 bits per heavy atom. The van der Waals surface area contributed by atoms with Crippen molar-refractivity contribution in [3.63, 3.8) is 0 Å². The number of carbonyl (C=O) groups excluding carboxylic acids is 1. The third-order valence-electron chi connectivity index (χ3n) is 3.81. The van der Waals surface area contributed by atoms with Crippen LogP contribution in [0, 0.1) is 6.92 Å². The van der Waals surface area contributed by atoms with E-state index in [2.05, 4.69) is 20.7 Å². The molecule has 0 aliphatic carbocycles. The average Bonchev–Trinajstić information content (AvgIpc) is 3.02. The van der Waals surface area contributed by atoms with Crippen LogP contribution in [0.2, 0.25) is 0 Å². The molecule has 1 amide bonds. The molecular weight excluding hydrogens is 302 g/mol. The van der Waals surface area contributed by atoms with Gasteiger partial charge in [-0.2, -0.15) is 5.10 Å². The van der Waals surface area contributed by atoms with Crippen molar-refractivity contribution in [1.29, 1.82) is 0 Å². The Morgan fingerprint density at radius 2 is 2.14 bits per heavy atom. The fourth-order valence-corrected chi connectivity index (χ4v) is 2.62. The summed E-state index contributed by atoms with van der Waals surface area (Å²) in [6.45, 7) is 3.88. The number of hydrogen-bond donors (Lipinski definition) is 2. The second-order valence-electron chi connectivity index (χ2n) is 5.34. The topological polar surface area (TPSA) is 71.8 Å². The molecular formula is C15H20ClN5O. The first-order valence-corrected chi connectivity index (χ1v) is 7.21. The zero-order valence-corrected chi connectivity index (χ0v) is 13.3. The molecule has 1 aliphatic rings. The lowest BCUT2D eigenvalue weighted by Gasteiger charge is -2.24. The van der Waals surface area contributed by atoms with Crippen LogP contribution in [0.25, 0.3) is 5.69 Å². The highest BCUT2D eigenvalue weighted by atomic mass is 35.5. The van der Waals surface area contributed by atoms with E-state index in [1.165, 1.54) is 6.33 Å². The van der Waals surface area contributed by atoms with Gasteiger partial charge < -0.3 is 10.6 Å². The van der Waals surface area contributed by atoms with Crippen LogP contribution >= 0.6 is 12.4 Å². The van der Waals surface area contributed by atoms with Gasteiger partial charge in [0.25, 0.3) is 5.91 Å². The van der Waals surface area contributed by atoms with Gasteiger partial charge in [0.2, 0.25) is 0 Å². The van der Waals surface area contributed by atoms with E-state index in [0.29, 0.717) is 0 Å². The first-order chi connectivity index (χ1) is 10.2. The highest BCUT2D eigenvalue weighted by Gasteiger charge is 2.17. The summed E-state index contributed by atoms with van der Waals surface area (Å²) in [7, 11) is 0. The van der Waals surface area contributed by atoms with Gasteiger partial charge in [0.1, 0.15) is 12.7 Å². The minimum absolute atomic E-state index is 0.